The molecule has 1 aliphatic rings. The fraction of sp³-hybridized carbons (Fsp3) is 0.700. The molecule has 1 fully saturated rings. The number of esters is 1. The van der Waals surface area contributed by atoms with Crippen molar-refractivity contribution in [3.8, 4) is 0 Å². The van der Waals surface area contributed by atoms with Crippen molar-refractivity contribution in [1.82, 2.24) is 0 Å². The van der Waals surface area contributed by atoms with Crippen LogP contribution in [0, 0.1) is 5.41 Å². The lowest BCUT2D eigenvalue weighted by atomic mass is 9.72. The number of aliphatic hydroxyl groups excluding tert-OH is 1. The Morgan fingerprint density at radius 1 is 1.69 bits per heavy atom. The molecular weight excluding hydrogens is 168 g/mol. The number of hydrogen-bond acceptors (Lipinski definition) is 3. The zero-order valence-corrected chi connectivity index (χ0v) is 7.95. The Morgan fingerprint density at radius 3 is 2.85 bits per heavy atom. The van der Waals surface area contributed by atoms with Crippen molar-refractivity contribution in [3.63, 3.8) is 0 Å². The molecule has 0 radical (unpaired) electrons. The molecule has 74 valence electrons. The molecule has 3 heteroatoms. The molecule has 0 aromatic heterocycles. The van der Waals surface area contributed by atoms with E-state index in [2.05, 4.69) is 11.3 Å². The minimum Gasteiger partial charge on any atom is -0.468 e. The maximum absolute atomic E-state index is 11.5. The topological polar surface area (TPSA) is 46.5 Å². The molecule has 0 aromatic rings. The molecule has 1 rings (SSSR count). The molecule has 0 aliphatic heterocycles. The van der Waals surface area contributed by atoms with Gasteiger partial charge in [-0.2, -0.15) is 0 Å². The van der Waals surface area contributed by atoms with E-state index in [0.29, 0.717) is 12.8 Å². The molecule has 0 unspecified atom stereocenters. The van der Waals surface area contributed by atoms with Crippen molar-refractivity contribution in [1.29, 1.82) is 0 Å². The van der Waals surface area contributed by atoms with Crippen LogP contribution in [0.25, 0.3) is 0 Å². The summed E-state index contributed by atoms with van der Waals surface area (Å²) in [6.45, 7) is 3.62. The maximum atomic E-state index is 11.5. The van der Waals surface area contributed by atoms with Gasteiger partial charge in [-0.1, -0.05) is 18.9 Å². The van der Waals surface area contributed by atoms with E-state index in [1.165, 1.54) is 13.2 Å². The van der Waals surface area contributed by atoms with Crippen LogP contribution in [0.4, 0.5) is 0 Å². The van der Waals surface area contributed by atoms with Gasteiger partial charge in [-0.25, -0.2) is 0 Å². The van der Waals surface area contributed by atoms with E-state index in [0.717, 1.165) is 12.8 Å². The van der Waals surface area contributed by atoms with Gasteiger partial charge in [0.1, 0.15) is 5.41 Å². The van der Waals surface area contributed by atoms with Crippen molar-refractivity contribution in [3.05, 3.63) is 12.7 Å². The zero-order valence-electron chi connectivity index (χ0n) is 7.95. The van der Waals surface area contributed by atoms with Gasteiger partial charge in [0.15, 0.2) is 0 Å². The average molecular weight is 184 g/mol. The summed E-state index contributed by atoms with van der Waals surface area (Å²) in [6, 6.07) is 0. The van der Waals surface area contributed by atoms with E-state index >= 15 is 0 Å². The van der Waals surface area contributed by atoms with E-state index in [-0.39, 0.29) is 5.97 Å². The Balaban J connectivity index is 2.88. The van der Waals surface area contributed by atoms with Gasteiger partial charge in [0, 0.05) is 0 Å². The van der Waals surface area contributed by atoms with Crippen LogP contribution in [0.2, 0.25) is 0 Å². The third-order valence-electron chi connectivity index (χ3n) is 2.84. The summed E-state index contributed by atoms with van der Waals surface area (Å²) in [5.41, 5.74) is -0.854. The predicted molar refractivity (Wildman–Crippen MR) is 49.1 cm³/mol. The molecule has 0 bridgehead atoms. The van der Waals surface area contributed by atoms with Gasteiger partial charge in [0.2, 0.25) is 0 Å². The van der Waals surface area contributed by atoms with E-state index in [1.807, 2.05) is 0 Å². The van der Waals surface area contributed by atoms with Crippen molar-refractivity contribution < 1.29 is 14.6 Å². The van der Waals surface area contributed by atoms with Gasteiger partial charge in [-0.05, 0) is 12.8 Å². The van der Waals surface area contributed by atoms with E-state index < -0.39 is 11.5 Å². The molecular formula is C10H16O3. The summed E-state index contributed by atoms with van der Waals surface area (Å²) in [6.07, 6.45) is 4.10. The first-order chi connectivity index (χ1) is 6.17. The number of carbonyl (C=O) groups excluding carboxylic acids is 1. The highest BCUT2D eigenvalue weighted by atomic mass is 16.5. The Kier molecular flexibility index (Phi) is 3.09. The fourth-order valence-corrected chi connectivity index (χ4v) is 1.93. The second-order valence-electron chi connectivity index (χ2n) is 3.50. The smallest absolute Gasteiger partial charge is 0.318 e. The number of aliphatic hydroxyl groups is 1. The van der Waals surface area contributed by atoms with Gasteiger partial charge >= 0.3 is 5.97 Å². The predicted octanol–water partition coefficient (Wildman–Crippen LogP) is 1.27. The van der Waals surface area contributed by atoms with Gasteiger partial charge in [0.05, 0.1) is 13.2 Å². The number of hydrogen-bond donors (Lipinski definition) is 1. The molecule has 0 aromatic carbocycles. The molecule has 0 spiro atoms. The molecule has 0 saturated heterocycles. The zero-order chi connectivity index (χ0) is 9.90. The Labute approximate surface area is 78.4 Å². The summed E-state index contributed by atoms with van der Waals surface area (Å²) in [5, 5.41) is 9.75. The molecule has 1 aliphatic carbocycles. The summed E-state index contributed by atoms with van der Waals surface area (Å²) >= 11 is 0. The monoisotopic (exact) mass is 184 g/mol. The molecule has 13 heavy (non-hydrogen) atoms. The Hall–Kier alpha value is -0.830. The van der Waals surface area contributed by atoms with Crippen LogP contribution in [-0.4, -0.2) is 24.3 Å². The van der Waals surface area contributed by atoms with E-state index in [1.54, 1.807) is 0 Å². The van der Waals surface area contributed by atoms with Crippen LogP contribution in [-0.2, 0) is 9.53 Å². The number of ether oxygens (including phenoxy) is 1. The van der Waals surface area contributed by atoms with Crippen LogP contribution in [0.3, 0.4) is 0 Å². The van der Waals surface area contributed by atoms with Crippen molar-refractivity contribution in [2.45, 2.75) is 31.8 Å². The second-order valence-corrected chi connectivity index (χ2v) is 3.50. The molecule has 1 N–H and O–H groups in total. The number of methoxy groups -OCH3 is 1. The van der Waals surface area contributed by atoms with Crippen molar-refractivity contribution in [2.24, 2.45) is 5.41 Å². The van der Waals surface area contributed by atoms with Crippen molar-refractivity contribution in [2.75, 3.05) is 7.11 Å². The van der Waals surface area contributed by atoms with Gasteiger partial charge in [-0.15, -0.1) is 6.58 Å². The summed E-state index contributed by atoms with van der Waals surface area (Å²) < 4.78 is 4.68. The molecule has 2 atom stereocenters. The summed E-state index contributed by atoms with van der Waals surface area (Å²) in [7, 11) is 1.34. The highest BCUT2D eigenvalue weighted by molar-refractivity contribution is 5.79. The third kappa shape index (κ3) is 1.61. The van der Waals surface area contributed by atoms with Crippen LogP contribution >= 0.6 is 0 Å². The quantitative estimate of drug-likeness (QED) is 0.519. The standard InChI is InChI=1S/C10H16O3/c1-3-10(9(12)13-2)7-5-4-6-8(10)11/h3,8,11H,1,4-7H2,2H3/t8-,10+/m1/s1. The highest BCUT2D eigenvalue weighted by Gasteiger charge is 2.44. The van der Waals surface area contributed by atoms with Crippen LogP contribution in [0.5, 0.6) is 0 Å². The molecule has 3 nitrogen and oxygen atoms in total. The largest absolute Gasteiger partial charge is 0.468 e. The Morgan fingerprint density at radius 2 is 2.38 bits per heavy atom. The SMILES string of the molecule is C=C[C@]1(C(=O)OC)CCCC[C@H]1O. The van der Waals surface area contributed by atoms with Crippen LogP contribution < -0.4 is 0 Å². The number of rotatable bonds is 2. The average Bonchev–Trinajstić information content (AvgIpc) is 2.18. The normalized spacial score (nSPS) is 33.8. The molecule has 0 amide bonds. The van der Waals surface area contributed by atoms with Crippen LogP contribution in [0.1, 0.15) is 25.7 Å². The third-order valence-corrected chi connectivity index (χ3v) is 2.84. The minimum absolute atomic E-state index is 0.366. The first-order valence-corrected chi connectivity index (χ1v) is 4.57. The van der Waals surface area contributed by atoms with E-state index in [4.69, 9.17) is 0 Å². The van der Waals surface area contributed by atoms with Crippen LogP contribution in [0.15, 0.2) is 12.7 Å². The first kappa shape index (κ1) is 10.3. The van der Waals surface area contributed by atoms with Crippen molar-refractivity contribution >= 4 is 5.97 Å². The summed E-state index contributed by atoms with van der Waals surface area (Å²) in [5.74, 6) is -0.366. The molecule has 0 heterocycles. The van der Waals surface area contributed by atoms with Gasteiger partial charge in [0.25, 0.3) is 0 Å². The van der Waals surface area contributed by atoms with Gasteiger partial charge < -0.3 is 9.84 Å². The van der Waals surface area contributed by atoms with E-state index in [9.17, 15) is 9.90 Å². The Bertz CT molecular complexity index is 212. The lowest BCUT2D eigenvalue weighted by molar-refractivity contribution is -0.158. The first-order valence-electron chi connectivity index (χ1n) is 4.57. The summed E-state index contributed by atoms with van der Waals surface area (Å²) in [4.78, 5) is 11.5. The lowest BCUT2D eigenvalue weighted by Crippen LogP contribution is -2.43. The maximum Gasteiger partial charge on any atom is 0.318 e. The number of carbonyl (C=O) groups is 1. The van der Waals surface area contributed by atoms with Gasteiger partial charge in [-0.3, -0.25) is 4.79 Å². The second kappa shape index (κ2) is 3.92. The molecule has 1 saturated carbocycles. The highest BCUT2D eigenvalue weighted by Crippen LogP contribution is 2.38. The lowest BCUT2D eigenvalue weighted by Gasteiger charge is -2.36. The minimum atomic E-state index is -0.854. The fourth-order valence-electron chi connectivity index (χ4n) is 1.93.